The number of hydrogen-bond acceptors (Lipinski definition) is 4. The van der Waals surface area contributed by atoms with Crippen molar-refractivity contribution in [2.75, 3.05) is 12.3 Å². The second kappa shape index (κ2) is 5.65. The minimum Gasteiger partial charge on any atom is -0.398 e. The molecular formula is C14H21N3O3S. The number of nitrogens with two attached hydrogens (primary N) is 2. The van der Waals surface area contributed by atoms with E-state index in [0.29, 0.717) is 18.4 Å². The fourth-order valence-electron chi connectivity index (χ4n) is 2.79. The molecule has 0 bridgehead atoms. The Morgan fingerprint density at radius 2 is 2.00 bits per heavy atom. The Kier molecular flexibility index (Phi) is 4.25. The smallest absolute Gasteiger partial charge is 0.245 e. The van der Waals surface area contributed by atoms with Crippen LogP contribution in [0.3, 0.4) is 0 Å². The van der Waals surface area contributed by atoms with E-state index < -0.39 is 21.8 Å². The fraction of sp³-hybridized carbons (Fsp3) is 0.500. The molecule has 0 aliphatic carbocycles. The predicted octanol–water partition coefficient (Wildman–Crippen LogP) is 0.852. The van der Waals surface area contributed by atoms with Crippen LogP contribution in [0.4, 0.5) is 5.69 Å². The largest absolute Gasteiger partial charge is 0.398 e. The zero-order chi connectivity index (χ0) is 15.8. The Morgan fingerprint density at radius 1 is 1.33 bits per heavy atom. The van der Waals surface area contributed by atoms with Gasteiger partial charge in [0.25, 0.3) is 0 Å². The highest BCUT2D eigenvalue weighted by atomic mass is 32.2. The van der Waals surface area contributed by atoms with Gasteiger partial charge >= 0.3 is 0 Å². The van der Waals surface area contributed by atoms with Crippen LogP contribution < -0.4 is 11.5 Å². The Hall–Kier alpha value is -1.60. The zero-order valence-electron chi connectivity index (χ0n) is 12.2. The molecule has 6 nitrogen and oxygen atoms in total. The summed E-state index contributed by atoms with van der Waals surface area (Å²) < 4.78 is 27.2. The minimum atomic E-state index is -3.74. The van der Waals surface area contributed by atoms with Crippen LogP contribution in [0.1, 0.15) is 25.3 Å². The van der Waals surface area contributed by atoms with E-state index in [0.717, 1.165) is 0 Å². The van der Waals surface area contributed by atoms with Gasteiger partial charge in [0, 0.05) is 12.6 Å². The molecule has 2 atom stereocenters. The number of aryl methyl sites for hydroxylation is 1. The van der Waals surface area contributed by atoms with E-state index in [4.69, 9.17) is 11.5 Å². The molecule has 1 amide bonds. The first kappa shape index (κ1) is 15.8. The number of carbonyl (C=O) groups excluding carboxylic acids is 1. The Bertz CT molecular complexity index is 637. The third kappa shape index (κ3) is 2.89. The number of benzene rings is 1. The van der Waals surface area contributed by atoms with E-state index in [1.807, 2.05) is 6.92 Å². The number of nitrogen functional groups attached to an aromatic ring is 1. The van der Waals surface area contributed by atoms with Crippen molar-refractivity contribution in [1.82, 2.24) is 4.31 Å². The molecule has 1 aromatic carbocycles. The summed E-state index contributed by atoms with van der Waals surface area (Å²) in [6, 6.07) is 4.82. The van der Waals surface area contributed by atoms with Crippen LogP contribution >= 0.6 is 0 Å². The third-order valence-corrected chi connectivity index (χ3v) is 6.24. The van der Waals surface area contributed by atoms with Gasteiger partial charge in [-0.15, -0.1) is 0 Å². The van der Waals surface area contributed by atoms with Gasteiger partial charge in [-0.3, -0.25) is 4.79 Å². The molecule has 116 valence electrons. The van der Waals surface area contributed by atoms with E-state index in [1.165, 1.54) is 4.31 Å². The Balaban J connectivity index is 2.45. The highest BCUT2D eigenvalue weighted by Gasteiger charge is 2.38. The van der Waals surface area contributed by atoms with Crippen LogP contribution in [0.25, 0.3) is 0 Å². The van der Waals surface area contributed by atoms with E-state index >= 15 is 0 Å². The molecule has 0 radical (unpaired) electrons. The summed E-state index contributed by atoms with van der Waals surface area (Å²) in [5.74, 6) is -0.902. The summed E-state index contributed by atoms with van der Waals surface area (Å²) in [4.78, 5) is 11.5. The molecule has 2 unspecified atom stereocenters. The van der Waals surface area contributed by atoms with Crippen LogP contribution in [0.5, 0.6) is 0 Å². The molecule has 1 aliphatic rings. The second-order valence-corrected chi connectivity index (χ2v) is 7.42. The van der Waals surface area contributed by atoms with E-state index in [9.17, 15) is 13.2 Å². The molecule has 2 rings (SSSR count). The van der Waals surface area contributed by atoms with Gasteiger partial charge in [0.1, 0.15) is 4.90 Å². The topological polar surface area (TPSA) is 106 Å². The lowest BCUT2D eigenvalue weighted by molar-refractivity contribution is -0.123. The maximum absolute atomic E-state index is 12.9. The highest BCUT2D eigenvalue weighted by molar-refractivity contribution is 7.89. The highest BCUT2D eigenvalue weighted by Crippen LogP contribution is 2.32. The molecule has 1 fully saturated rings. The molecule has 0 saturated carbocycles. The summed E-state index contributed by atoms with van der Waals surface area (Å²) >= 11 is 0. The van der Waals surface area contributed by atoms with Gasteiger partial charge in [0.2, 0.25) is 15.9 Å². The first-order chi connectivity index (χ1) is 9.75. The molecule has 4 N–H and O–H groups in total. The quantitative estimate of drug-likeness (QED) is 0.807. The Morgan fingerprint density at radius 3 is 2.57 bits per heavy atom. The summed E-state index contributed by atoms with van der Waals surface area (Å²) in [6.07, 6.45) is 1.23. The lowest BCUT2D eigenvalue weighted by Crippen LogP contribution is -2.48. The number of piperidine rings is 1. The van der Waals surface area contributed by atoms with Crippen LogP contribution in [0, 0.1) is 12.8 Å². The molecule has 1 aromatic rings. The van der Waals surface area contributed by atoms with Gasteiger partial charge < -0.3 is 11.5 Å². The first-order valence-corrected chi connectivity index (χ1v) is 8.35. The summed E-state index contributed by atoms with van der Waals surface area (Å²) in [5.41, 5.74) is 12.0. The number of carbonyl (C=O) groups is 1. The standard InChI is InChI=1S/C14H21N3O3S/c1-9-4-3-5-12(15)13(9)21(19,20)17-8-11(14(16)18)7-6-10(17)2/h3-5,10-11H,6-8,15H2,1-2H3,(H2,16,18). The maximum atomic E-state index is 12.9. The Labute approximate surface area is 125 Å². The third-order valence-electron chi connectivity index (χ3n) is 4.04. The van der Waals surface area contributed by atoms with Crippen molar-refractivity contribution in [3.63, 3.8) is 0 Å². The van der Waals surface area contributed by atoms with Gasteiger partial charge in [-0.2, -0.15) is 4.31 Å². The lowest BCUT2D eigenvalue weighted by atomic mass is 9.95. The van der Waals surface area contributed by atoms with E-state index in [2.05, 4.69) is 0 Å². The summed E-state index contributed by atoms with van der Waals surface area (Å²) in [5, 5.41) is 0. The average Bonchev–Trinajstić information content (AvgIpc) is 2.38. The van der Waals surface area contributed by atoms with Crippen molar-refractivity contribution >= 4 is 21.6 Å². The number of anilines is 1. The molecule has 1 aliphatic heterocycles. The van der Waals surface area contributed by atoms with E-state index in [1.54, 1.807) is 25.1 Å². The zero-order valence-corrected chi connectivity index (χ0v) is 13.1. The van der Waals surface area contributed by atoms with E-state index in [-0.39, 0.29) is 23.2 Å². The van der Waals surface area contributed by atoms with Gasteiger partial charge in [0.05, 0.1) is 11.6 Å². The number of amides is 1. The molecule has 0 aromatic heterocycles. The number of nitrogens with zero attached hydrogens (tertiary/aromatic N) is 1. The fourth-order valence-corrected chi connectivity index (χ4v) is 4.82. The van der Waals surface area contributed by atoms with Crippen molar-refractivity contribution in [3.8, 4) is 0 Å². The van der Waals surface area contributed by atoms with Crippen molar-refractivity contribution < 1.29 is 13.2 Å². The van der Waals surface area contributed by atoms with Crippen LogP contribution in [0.2, 0.25) is 0 Å². The van der Waals surface area contributed by atoms with Gasteiger partial charge in [-0.05, 0) is 38.3 Å². The van der Waals surface area contributed by atoms with Gasteiger partial charge in [-0.1, -0.05) is 12.1 Å². The molecule has 1 saturated heterocycles. The van der Waals surface area contributed by atoms with Gasteiger partial charge in [0.15, 0.2) is 0 Å². The number of rotatable bonds is 3. The minimum absolute atomic E-state index is 0.118. The molecule has 1 heterocycles. The van der Waals surface area contributed by atoms with Crippen LogP contribution in [-0.4, -0.2) is 31.2 Å². The normalized spacial score (nSPS) is 23.9. The van der Waals surface area contributed by atoms with Crippen molar-refractivity contribution in [2.45, 2.75) is 37.6 Å². The number of sulfonamides is 1. The van der Waals surface area contributed by atoms with Crippen molar-refractivity contribution in [1.29, 1.82) is 0 Å². The summed E-state index contributed by atoms with van der Waals surface area (Å²) in [7, 11) is -3.74. The molecule has 7 heteroatoms. The summed E-state index contributed by atoms with van der Waals surface area (Å²) in [6.45, 7) is 3.67. The number of hydrogen-bond donors (Lipinski definition) is 2. The first-order valence-electron chi connectivity index (χ1n) is 6.91. The number of primary amides is 1. The van der Waals surface area contributed by atoms with Crippen molar-refractivity contribution in [3.05, 3.63) is 23.8 Å². The maximum Gasteiger partial charge on any atom is 0.245 e. The lowest BCUT2D eigenvalue weighted by Gasteiger charge is -2.36. The second-order valence-electron chi connectivity index (χ2n) is 5.59. The monoisotopic (exact) mass is 311 g/mol. The SMILES string of the molecule is Cc1cccc(N)c1S(=O)(=O)N1CC(C(N)=O)CCC1C. The van der Waals surface area contributed by atoms with Gasteiger partial charge in [-0.25, -0.2) is 8.42 Å². The van der Waals surface area contributed by atoms with Crippen LogP contribution in [0.15, 0.2) is 23.1 Å². The van der Waals surface area contributed by atoms with Crippen molar-refractivity contribution in [2.24, 2.45) is 11.7 Å². The molecule has 21 heavy (non-hydrogen) atoms. The molecular weight excluding hydrogens is 290 g/mol. The van der Waals surface area contributed by atoms with Crippen LogP contribution in [-0.2, 0) is 14.8 Å². The molecule has 0 spiro atoms. The average molecular weight is 311 g/mol. The predicted molar refractivity (Wildman–Crippen MR) is 80.9 cm³/mol.